The van der Waals surface area contributed by atoms with Gasteiger partial charge in [-0.15, -0.1) is 0 Å². The Hall–Kier alpha value is -6.65. The molecule has 7 aromatic carbocycles. The van der Waals surface area contributed by atoms with Gasteiger partial charge in [0.25, 0.3) is 0 Å². The van der Waals surface area contributed by atoms with Crippen molar-refractivity contribution in [2.75, 3.05) is 0 Å². The molecule has 0 aliphatic carbocycles. The van der Waals surface area contributed by atoms with E-state index in [2.05, 4.69) is 159 Å². The number of nitrogens with zero attached hydrogens (tertiary/aromatic N) is 4. The zero-order valence-corrected chi connectivity index (χ0v) is 26.3. The number of benzene rings is 7. The average molecular weight is 623 g/mol. The number of pyridine rings is 1. The van der Waals surface area contributed by atoms with E-state index in [9.17, 15) is 0 Å². The quantitative estimate of drug-likeness (QED) is 0.188. The molecular weight excluding hydrogens is 597 g/mol. The zero-order chi connectivity index (χ0) is 31.8. The van der Waals surface area contributed by atoms with Crippen molar-refractivity contribution in [3.05, 3.63) is 158 Å². The Kier molecular flexibility index (Phi) is 4.69. The predicted molar refractivity (Wildman–Crippen MR) is 205 cm³/mol. The molecule has 49 heavy (non-hydrogen) atoms. The molecule has 0 bridgehead atoms. The van der Waals surface area contributed by atoms with E-state index in [1.54, 1.807) is 0 Å². The molecule has 0 saturated heterocycles. The summed E-state index contributed by atoms with van der Waals surface area (Å²) in [6.45, 7) is 0. The van der Waals surface area contributed by atoms with Gasteiger partial charge in [-0.1, -0.05) is 91.0 Å². The summed E-state index contributed by atoms with van der Waals surface area (Å²) in [6, 6.07) is 55.4. The van der Waals surface area contributed by atoms with Crippen molar-refractivity contribution in [1.82, 2.24) is 18.5 Å². The van der Waals surface area contributed by atoms with E-state index in [1.807, 2.05) is 12.3 Å². The lowest BCUT2D eigenvalue weighted by Gasteiger charge is -2.12. The number of rotatable bonds is 2. The lowest BCUT2D eigenvalue weighted by molar-refractivity contribution is 1.11. The average Bonchev–Trinajstić information content (AvgIpc) is 3.88. The van der Waals surface area contributed by atoms with Gasteiger partial charge in [0.05, 0.1) is 33.1 Å². The van der Waals surface area contributed by atoms with Crippen molar-refractivity contribution in [3.8, 4) is 11.4 Å². The summed E-state index contributed by atoms with van der Waals surface area (Å²) in [5.41, 5.74) is 10.5. The smallest absolute Gasteiger partial charge is 0.145 e. The largest absolute Gasteiger partial charge is 0.309 e. The highest BCUT2D eigenvalue weighted by molar-refractivity contribution is 6.38. The standard InChI is InChI=1S/C45H26N4/c1-2-14-30-27(11-1)22-23-39-41(30)43-40(26-35-32-16-4-7-20-37(32)49-38-21-8-5-17-34(38)42(43)44(35)49)47(39)28-12-9-13-29(25-28)48-36-19-6-3-15-31(36)33-18-10-24-46-45(33)48/h1-26H. The van der Waals surface area contributed by atoms with Crippen LogP contribution in [-0.2, 0) is 0 Å². The van der Waals surface area contributed by atoms with E-state index < -0.39 is 0 Å². The van der Waals surface area contributed by atoms with Gasteiger partial charge in [0, 0.05) is 60.7 Å². The molecule has 0 aliphatic heterocycles. The van der Waals surface area contributed by atoms with Crippen LogP contribution in [-0.4, -0.2) is 18.5 Å². The molecule has 0 N–H and O–H groups in total. The first-order valence-corrected chi connectivity index (χ1v) is 16.8. The second kappa shape index (κ2) is 9.03. The minimum atomic E-state index is 0.966. The van der Waals surface area contributed by atoms with Gasteiger partial charge in [-0.25, -0.2) is 4.98 Å². The molecule has 4 nitrogen and oxygen atoms in total. The summed E-state index contributed by atoms with van der Waals surface area (Å²) >= 11 is 0. The summed E-state index contributed by atoms with van der Waals surface area (Å²) in [4.78, 5) is 4.88. The molecule has 5 aromatic heterocycles. The van der Waals surface area contributed by atoms with Crippen molar-refractivity contribution in [2.45, 2.75) is 0 Å². The van der Waals surface area contributed by atoms with Gasteiger partial charge >= 0.3 is 0 Å². The summed E-state index contributed by atoms with van der Waals surface area (Å²) < 4.78 is 7.28. The Morgan fingerprint density at radius 2 is 1.02 bits per heavy atom. The Morgan fingerprint density at radius 1 is 0.367 bits per heavy atom. The first-order chi connectivity index (χ1) is 24.3. The fraction of sp³-hybridized carbons (Fsp3) is 0. The predicted octanol–water partition coefficient (Wildman–Crippen LogP) is 11.6. The van der Waals surface area contributed by atoms with Crippen LogP contribution < -0.4 is 0 Å². The molecule has 12 rings (SSSR count). The van der Waals surface area contributed by atoms with Crippen LogP contribution in [0.1, 0.15) is 0 Å². The van der Waals surface area contributed by atoms with Gasteiger partial charge in [-0.2, -0.15) is 0 Å². The van der Waals surface area contributed by atoms with Crippen molar-refractivity contribution < 1.29 is 0 Å². The van der Waals surface area contributed by atoms with Crippen LogP contribution >= 0.6 is 0 Å². The summed E-state index contributed by atoms with van der Waals surface area (Å²) in [5.74, 6) is 0. The second-order valence-corrected chi connectivity index (χ2v) is 13.2. The molecule has 5 heterocycles. The van der Waals surface area contributed by atoms with Crippen LogP contribution in [0.2, 0.25) is 0 Å². The van der Waals surface area contributed by atoms with Gasteiger partial charge in [0.15, 0.2) is 0 Å². The summed E-state index contributed by atoms with van der Waals surface area (Å²) in [5, 5.41) is 12.7. The van der Waals surface area contributed by atoms with E-state index in [0.717, 1.165) is 27.9 Å². The maximum Gasteiger partial charge on any atom is 0.145 e. The third-order valence-corrected chi connectivity index (χ3v) is 10.8. The molecular formula is C45H26N4. The van der Waals surface area contributed by atoms with Crippen LogP contribution in [0.15, 0.2) is 158 Å². The highest BCUT2D eigenvalue weighted by Crippen LogP contribution is 2.48. The van der Waals surface area contributed by atoms with Crippen LogP contribution in [0.4, 0.5) is 0 Å². The van der Waals surface area contributed by atoms with Gasteiger partial charge in [0.1, 0.15) is 5.65 Å². The number of hydrogen-bond donors (Lipinski definition) is 0. The van der Waals surface area contributed by atoms with E-state index in [4.69, 9.17) is 4.98 Å². The molecule has 0 aliphatic rings. The molecule has 4 heteroatoms. The SMILES string of the molecule is c1cc(-n2c3ccc4ccccc4c3c3c4c5ccccc5n5c6ccccc6c(cc32)c45)cc(-n2c3ccccc3c3cccnc32)c1. The van der Waals surface area contributed by atoms with Gasteiger partial charge in [-0.05, 0) is 71.4 Å². The fourth-order valence-electron chi connectivity index (χ4n) is 8.88. The maximum absolute atomic E-state index is 4.88. The Morgan fingerprint density at radius 3 is 1.86 bits per heavy atom. The van der Waals surface area contributed by atoms with Gasteiger partial charge in [0.2, 0.25) is 0 Å². The molecule has 226 valence electrons. The van der Waals surface area contributed by atoms with E-state index in [0.29, 0.717) is 0 Å². The first-order valence-electron chi connectivity index (χ1n) is 16.8. The topological polar surface area (TPSA) is 27.2 Å². The van der Waals surface area contributed by atoms with Crippen molar-refractivity contribution in [3.63, 3.8) is 0 Å². The number of fused-ring (bicyclic) bond motifs is 15. The molecule has 0 spiro atoms. The summed E-state index contributed by atoms with van der Waals surface area (Å²) in [7, 11) is 0. The number of aromatic nitrogens is 4. The van der Waals surface area contributed by atoms with Crippen molar-refractivity contribution in [2.24, 2.45) is 0 Å². The van der Waals surface area contributed by atoms with Crippen molar-refractivity contribution >= 4 is 92.6 Å². The van der Waals surface area contributed by atoms with Gasteiger partial charge in [-0.3, -0.25) is 4.57 Å². The van der Waals surface area contributed by atoms with Gasteiger partial charge < -0.3 is 8.97 Å². The molecule has 0 amide bonds. The van der Waals surface area contributed by atoms with Crippen LogP contribution in [0.5, 0.6) is 0 Å². The number of para-hydroxylation sites is 3. The van der Waals surface area contributed by atoms with Crippen LogP contribution in [0, 0.1) is 0 Å². The van der Waals surface area contributed by atoms with Crippen LogP contribution in [0.25, 0.3) is 104 Å². The van der Waals surface area contributed by atoms with Crippen LogP contribution in [0.3, 0.4) is 0 Å². The minimum Gasteiger partial charge on any atom is -0.309 e. The highest BCUT2D eigenvalue weighted by atomic mass is 15.1. The number of hydrogen-bond acceptors (Lipinski definition) is 1. The molecule has 0 fully saturated rings. The monoisotopic (exact) mass is 622 g/mol. The normalized spacial score (nSPS) is 12.5. The summed E-state index contributed by atoms with van der Waals surface area (Å²) in [6.07, 6.45) is 1.89. The van der Waals surface area contributed by atoms with Crippen molar-refractivity contribution in [1.29, 1.82) is 0 Å². The molecule has 0 radical (unpaired) electrons. The Balaban J connectivity index is 1.29. The third kappa shape index (κ3) is 3.12. The molecule has 0 atom stereocenters. The van der Waals surface area contributed by atoms with E-state index in [1.165, 1.54) is 76.1 Å². The lowest BCUT2D eigenvalue weighted by atomic mass is 9.99. The molecule has 12 aromatic rings. The molecule has 0 saturated carbocycles. The van der Waals surface area contributed by atoms with E-state index in [-0.39, 0.29) is 0 Å². The zero-order valence-electron chi connectivity index (χ0n) is 26.3. The first kappa shape index (κ1) is 25.4. The fourth-order valence-corrected chi connectivity index (χ4v) is 8.88. The Labute approximate surface area is 279 Å². The highest BCUT2D eigenvalue weighted by Gasteiger charge is 2.25. The Bertz CT molecular complexity index is 3280. The molecule has 0 unspecified atom stereocenters. The lowest BCUT2D eigenvalue weighted by Crippen LogP contribution is -1.99. The van der Waals surface area contributed by atoms with E-state index >= 15 is 0 Å². The maximum atomic E-state index is 4.88. The second-order valence-electron chi connectivity index (χ2n) is 13.2. The third-order valence-electron chi connectivity index (χ3n) is 10.8. The minimum absolute atomic E-state index is 0.966.